The number of amides is 1. The molecule has 1 amide bonds. The summed E-state index contributed by atoms with van der Waals surface area (Å²) in [4.78, 5) is 21.2. The zero-order chi connectivity index (χ0) is 24.1. The highest BCUT2D eigenvalue weighted by Crippen LogP contribution is 2.39. The van der Waals surface area contributed by atoms with Crippen LogP contribution in [0.2, 0.25) is 0 Å². The molecule has 2 aromatic carbocycles. The Labute approximate surface area is 202 Å². The van der Waals surface area contributed by atoms with E-state index >= 15 is 0 Å². The van der Waals surface area contributed by atoms with Gasteiger partial charge in [0.1, 0.15) is 5.82 Å². The van der Waals surface area contributed by atoms with Crippen molar-refractivity contribution in [3.05, 3.63) is 77.4 Å². The maximum atomic E-state index is 14.8. The van der Waals surface area contributed by atoms with Gasteiger partial charge in [-0.2, -0.15) is 4.98 Å². The van der Waals surface area contributed by atoms with Crippen LogP contribution < -0.4 is 10.6 Å². The van der Waals surface area contributed by atoms with E-state index < -0.39 is 5.82 Å². The highest BCUT2D eigenvalue weighted by molar-refractivity contribution is 5.99. The number of nitrogens with zero attached hydrogens (tertiary/aromatic N) is 4. The molecule has 1 saturated carbocycles. The van der Waals surface area contributed by atoms with Gasteiger partial charge in [0, 0.05) is 41.0 Å². The molecule has 0 radical (unpaired) electrons. The summed E-state index contributed by atoms with van der Waals surface area (Å²) in [5.41, 5.74) is 5.59. The van der Waals surface area contributed by atoms with Gasteiger partial charge in [-0.3, -0.25) is 9.78 Å². The number of rotatable bonds is 6. The number of anilines is 2. The van der Waals surface area contributed by atoms with Gasteiger partial charge in [-0.25, -0.2) is 9.07 Å². The lowest BCUT2D eigenvalue weighted by Crippen LogP contribution is -2.16. The Morgan fingerprint density at radius 3 is 2.51 bits per heavy atom. The van der Waals surface area contributed by atoms with Gasteiger partial charge in [-0.05, 0) is 56.0 Å². The van der Waals surface area contributed by atoms with Crippen LogP contribution in [0.5, 0.6) is 0 Å². The number of hydrogen-bond donors (Lipinski definition) is 2. The highest BCUT2D eigenvalue weighted by atomic mass is 19.1. The predicted molar refractivity (Wildman–Crippen MR) is 132 cm³/mol. The molecule has 1 atom stereocenters. The average molecular weight is 469 g/mol. The van der Waals surface area contributed by atoms with Crippen molar-refractivity contribution >= 4 is 17.5 Å². The number of benzene rings is 2. The van der Waals surface area contributed by atoms with E-state index in [4.69, 9.17) is 0 Å². The summed E-state index contributed by atoms with van der Waals surface area (Å²) >= 11 is 0. The molecule has 176 valence electrons. The summed E-state index contributed by atoms with van der Waals surface area (Å²) in [7, 11) is 0. The first-order chi connectivity index (χ1) is 17.0. The lowest BCUT2D eigenvalue weighted by molar-refractivity contribution is 0.0958. The quantitative estimate of drug-likeness (QED) is 0.385. The van der Waals surface area contributed by atoms with Crippen LogP contribution in [0, 0.1) is 5.82 Å². The lowest BCUT2D eigenvalue weighted by atomic mass is 10.0. The van der Waals surface area contributed by atoms with Gasteiger partial charge in [0.2, 0.25) is 5.95 Å². The molecule has 1 aliphatic carbocycles. The van der Waals surface area contributed by atoms with Crippen LogP contribution in [0.25, 0.3) is 22.5 Å². The Hall–Kier alpha value is -4.07. The molecule has 8 heteroatoms. The first-order valence-electron chi connectivity index (χ1n) is 11.9. The molecule has 7 nitrogen and oxygen atoms in total. The summed E-state index contributed by atoms with van der Waals surface area (Å²) in [5, 5.41) is 10.5. The molecule has 1 aliphatic heterocycles. The second kappa shape index (κ2) is 8.30. The van der Waals surface area contributed by atoms with Crippen molar-refractivity contribution in [2.45, 2.75) is 45.2 Å². The van der Waals surface area contributed by atoms with Crippen LogP contribution in [0.1, 0.15) is 60.3 Å². The van der Waals surface area contributed by atoms with Crippen molar-refractivity contribution in [3.63, 3.8) is 0 Å². The van der Waals surface area contributed by atoms with Crippen LogP contribution in [0.15, 0.2) is 54.7 Å². The van der Waals surface area contributed by atoms with E-state index in [1.807, 2.05) is 44.3 Å². The molecular weight excluding hydrogens is 443 g/mol. The largest absolute Gasteiger partial charge is 0.345 e. The lowest BCUT2D eigenvalue weighted by Gasteiger charge is -2.10. The Kier molecular flexibility index (Phi) is 5.09. The number of carbonyl (C=O) groups excluding carboxylic acids is 1. The molecule has 2 aliphatic rings. The number of nitrogens with one attached hydrogen (secondary N) is 2. The van der Waals surface area contributed by atoms with Crippen molar-refractivity contribution in [1.29, 1.82) is 0 Å². The number of carbonyl (C=O) groups is 1. The second-order valence-electron chi connectivity index (χ2n) is 9.14. The number of hydrogen-bond acceptors (Lipinski definition) is 5. The van der Waals surface area contributed by atoms with Crippen molar-refractivity contribution in [3.8, 4) is 22.5 Å². The SMILES string of the molecule is CCn1nc(-c2ccc(-c3ccc(C4CC4)nc3)cc2)nc1Nc1cc2c(cc1F)C(=O)NC2C. The van der Waals surface area contributed by atoms with Crippen LogP contribution in [0.4, 0.5) is 16.0 Å². The zero-order valence-corrected chi connectivity index (χ0v) is 19.5. The standard InChI is InChI=1S/C27H25FN6O/c1-3-34-27(31-24-13-20-15(2)30-26(35)21(20)12-22(24)28)32-25(33-34)18-8-4-16(5-9-18)19-10-11-23(29-14-19)17-6-7-17/h4-5,8-15,17H,3,6-7H2,1-2H3,(H,30,35)(H,31,32,33). The fourth-order valence-electron chi connectivity index (χ4n) is 4.50. The van der Waals surface area contributed by atoms with E-state index in [-0.39, 0.29) is 17.6 Å². The number of pyridine rings is 1. The smallest absolute Gasteiger partial charge is 0.252 e. The Bertz CT molecular complexity index is 1420. The minimum atomic E-state index is -0.508. The van der Waals surface area contributed by atoms with E-state index in [1.54, 1.807) is 10.7 Å². The molecule has 0 spiro atoms. The predicted octanol–water partition coefficient (Wildman–Crippen LogP) is 5.59. The van der Waals surface area contributed by atoms with Crippen molar-refractivity contribution in [1.82, 2.24) is 25.1 Å². The summed E-state index contributed by atoms with van der Waals surface area (Å²) < 4.78 is 16.5. The third-order valence-electron chi connectivity index (χ3n) is 6.67. The molecular formula is C27H25FN6O. The number of aromatic nitrogens is 4. The van der Waals surface area contributed by atoms with Crippen LogP contribution in [-0.2, 0) is 6.54 Å². The van der Waals surface area contributed by atoms with Gasteiger partial charge < -0.3 is 10.6 Å². The molecule has 2 aromatic heterocycles. The second-order valence-corrected chi connectivity index (χ2v) is 9.14. The minimum Gasteiger partial charge on any atom is -0.345 e. The van der Waals surface area contributed by atoms with Gasteiger partial charge in [-0.1, -0.05) is 30.3 Å². The minimum absolute atomic E-state index is 0.170. The molecule has 0 bridgehead atoms. The molecule has 35 heavy (non-hydrogen) atoms. The molecule has 2 N–H and O–H groups in total. The van der Waals surface area contributed by atoms with Gasteiger partial charge in [0.15, 0.2) is 5.82 Å². The number of aryl methyl sites for hydroxylation is 1. The van der Waals surface area contributed by atoms with Crippen molar-refractivity contribution < 1.29 is 9.18 Å². The van der Waals surface area contributed by atoms with Crippen LogP contribution in [-0.4, -0.2) is 25.7 Å². The fraction of sp³-hybridized carbons (Fsp3) is 0.259. The normalized spacial score (nSPS) is 16.8. The van der Waals surface area contributed by atoms with E-state index in [0.717, 1.165) is 22.3 Å². The van der Waals surface area contributed by atoms with Gasteiger partial charge >= 0.3 is 0 Å². The Balaban J connectivity index is 1.25. The van der Waals surface area contributed by atoms with Gasteiger partial charge in [0.25, 0.3) is 5.91 Å². The molecule has 1 unspecified atom stereocenters. The first kappa shape index (κ1) is 21.5. The van der Waals surface area contributed by atoms with Gasteiger partial charge in [0.05, 0.1) is 11.7 Å². The van der Waals surface area contributed by atoms with Crippen molar-refractivity contribution in [2.75, 3.05) is 5.32 Å². The maximum Gasteiger partial charge on any atom is 0.252 e. The average Bonchev–Trinajstić information content (AvgIpc) is 3.59. The fourth-order valence-corrected chi connectivity index (χ4v) is 4.50. The molecule has 4 aromatic rings. The first-order valence-corrected chi connectivity index (χ1v) is 11.9. The topological polar surface area (TPSA) is 84.7 Å². The number of fused-ring (bicyclic) bond motifs is 1. The van der Waals surface area contributed by atoms with Gasteiger partial charge in [-0.15, -0.1) is 5.10 Å². The Morgan fingerprint density at radius 1 is 1.09 bits per heavy atom. The summed E-state index contributed by atoms with van der Waals surface area (Å²) in [6, 6.07) is 15.1. The zero-order valence-electron chi connectivity index (χ0n) is 19.5. The molecule has 6 rings (SSSR count). The van der Waals surface area contributed by atoms with E-state index in [2.05, 4.69) is 37.8 Å². The van der Waals surface area contributed by atoms with Crippen LogP contribution in [0.3, 0.4) is 0 Å². The molecule has 3 heterocycles. The third kappa shape index (κ3) is 3.95. The summed E-state index contributed by atoms with van der Waals surface area (Å²) in [6.07, 6.45) is 4.42. The monoisotopic (exact) mass is 468 g/mol. The van der Waals surface area contributed by atoms with E-state index in [9.17, 15) is 9.18 Å². The van der Waals surface area contributed by atoms with Crippen LogP contribution >= 0.6 is 0 Å². The molecule has 1 fully saturated rings. The number of halogens is 1. The van der Waals surface area contributed by atoms with E-state index in [1.165, 1.54) is 24.6 Å². The third-order valence-corrected chi connectivity index (χ3v) is 6.67. The molecule has 0 saturated heterocycles. The van der Waals surface area contributed by atoms with E-state index in [0.29, 0.717) is 29.8 Å². The highest BCUT2D eigenvalue weighted by Gasteiger charge is 2.28. The van der Waals surface area contributed by atoms with Crippen molar-refractivity contribution in [2.24, 2.45) is 0 Å². The summed E-state index contributed by atoms with van der Waals surface area (Å²) in [5.74, 6) is 0.868. The Morgan fingerprint density at radius 2 is 1.83 bits per heavy atom. The summed E-state index contributed by atoms with van der Waals surface area (Å²) in [6.45, 7) is 4.39. The maximum absolute atomic E-state index is 14.8.